The first kappa shape index (κ1) is 23.8. The molecule has 1 aromatic rings. The van der Waals surface area contributed by atoms with E-state index in [0.29, 0.717) is 19.1 Å². The third-order valence-corrected chi connectivity index (χ3v) is 4.26. The van der Waals surface area contributed by atoms with Crippen LogP contribution in [0.15, 0.2) is 41.4 Å². The van der Waals surface area contributed by atoms with E-state index in [1.807, 2.05) is 0 Å². The van der Waals surface area contributed by atoms with Gasteiger partial charge < -0.3 is 20.3 Å². The molecular formula is C21H35IN4O. The monoisotopic (exact) mass is 486 g/mol. The van der Waals surface area contributed by atoms with E-state index in [1.165, 1.54) is 11.3 Å². The van der Waals surface area contributed by atoms with Gasteiger partial charge in [-0.3, -0.25) is 0 Å². The first-order chi connectivity index (χ1) is 12.7. The average molecular weight is 486 g/mol. The van der Waals surface area contributed by atoms with Gasteiger partial charge in [0.2, 0.25) is 0 Å². The highest BCUT2D eigenvalue weighted by atomic mass is 127. The van der Waals surface area contributed by atoms with Crippen LogP contribution in [0.1, 0.15) is 32.8 Å². The van der Waals surface area contributed by atoms with Crippen LogP contribution in [-0.2, 0) is 11.3 Å². The molecule has 0 bridgehead atoms. The summed E-state index contributed by atoms with van der Waals surface area (Å²) < 4.78 is 5.64. The number of hydrogen-bond donors (Lipinski definition) is 2. The maximum Gasteiger partial charge on any atom is 0.191 e. The van der Waals surface area contributed by atoms with Gasteiger partial charge in [-0.25, -0.2) is 4.99 Å². The highest BCUT2D eigenvalue weighted by molar-refractivity contribution is 14.0. The highest BCUT2D eigenvalue weighted by Gasteiger charge is 2.07. The Balaban J connectivity index is 0.00000364. The van der Waals surface area contributed by atoms with Crippen LogP contribution in [0.2, 0.25) is 0 Å². The summed E-state index contributed by atoms with van der Waals surface area (Å²) in [5, 5.41) is 6.62. The predicted molar refractivity (Wildman–Crippen MR) is 126 cm³/mol. The Bertz CT molecular complexity index is 564. The minimum Gasteiger partial charge on any atom is -0.380 e. The van der Waals surface area contributed by atoms with Crippen LogP contribution in [0, 0.1) is 5.92 Å². The average Bonchev–Trinajstić information content (AvgIpc) is 3.17. The van der Waals surface area contributed by atoms with Crippen molar-refractivity contribution in [1.82, 2.24) is 10.6 Å². The Labute approximate surface area is 181 Å². The lowest BCUT2D eigenvalue weighted by Gasteiger charge is -2.17. The summed E-state index contributed by atoms with van der Waals surface area (Å²) in [5.74, 6) is 1.53. The summed E-state index contributed by atoms with van der Waals surface area (Å²) >= 11 is 0. The van der Waals surface area contributed by atoms with E-state index in [1.54, 1.807) is 0 Å². The van der Waals surface area contributed by atoms with Crippen molar-refractivity contribution in [1.29, 1.82) is 0 Å². The Hall–Kier alpha value is -1.28. The van der Waals surface area contributed by atoms with Gasteiger partial charge in [-0.15, -0.1) is 24.0 Å². The summed E-state index contributed by atoms with van der Waals surface area (Å²) in [6.45, 7) is 12.3. The van der Waals surface area contributed by atoms with Crippen LogP contribution in [0.4, 0.5) is 5.69 Å². The molecule has 0 unspecified atom stereocenters. The van der Waals surface area contributed by atoms with Gasteiger partial charge in [0.25, 0.3) is 0 Å². The number of nitrogens with one attached hydrogen (secondary N) is 2. The van der Waals surface area contributed by atoms with E-state index in [9.17, 15) is 0 Å². The fourth-order valence-electron chi connectivity index (χ4n) is 2.68. The minimum atomic E-state index is 0. The van der Waals surface area contributed by atoms with E-state index >= 15 is 0 Å². The third kappa shape index (κ3) is 9.46. The normalized spacial score (nSPS) is 13.8. The molecule has 0 atom stereocenters. The number of nitrogens with zero attached hydrogens (tertiary/aromatic N) is 2. The van der Waals surface area contributed by atoms with Gasteiger partial charge in [0.1, 0.15) is 0 Å². The van der Waals surface area contributed by atoms with Crippen molar-refractivity contribution in [2.24, 2.45) is 10.9 Å². The SMILES string of the molecule is CCNC(=NCc1ccc(N2CC=CC2)cc1)NCCOCCC(C)C.I. The van der Waals surface area contributed by atoms with Gasteiger partial charge in [-0.1, -0.05) is 38.1 Å². The molecule has 2 rings (SSSR count). The molecule has 27 heavy (non-hydrogen) atoms. The van der Waals surface area contributed by atoms with Crippen LogP contribution in [0.5, 0.6) is 0 Å². The quantitative estimate of drug-likeness (QED) is 0.174. The number of guanidine groups is 1. The van der Waals surface area contributed by atoms with Crippen LogP contribution in [-0.4, -0.2) is 45.4 Å². The largest absolute Gasteiger partial charge is 0.380 e. The second-order valence-corrected chi connectivity index (χ2v) is 6.96. The number of hydrogen-bond acceptors (Lipinski definition) is 3. The summed E-state index contributed by atoms with van der Waals surface area (Å²) in [7, 11) is 0. The van der Waals surface area contributed by atoms with E-state index in [0.717, 1.165) is 45.2 Å². The van der Waals surface area contributed by atoms with E-state index in [-0.39, 0.29) is 24.0 Å². The van der Waals surface area contributed by atoms with Crippen molar-refractivity contribution >= 4 is 35.6 Å². The number of anilines is 1. The Morgan fingerprint density at radius 1 is 1.11 bits per heavy atom. The molecule has 0 aromatic heterocycles. The highest BCUT2D eigenvalue weighted by Crippen LogP contribution is 2.17. The number of rotatable bonds is 10. The first-order valence-electron chi connectivity index (χ1n) is 9.78. The zero-order valence-corrected chi connectivity index (χ0v) is 19.2. The minimum absolute atomic E-state index is 0. The molecule has 0 spiro atoms. The number of halogens is 1. The molecule has 1 aromatic carbocycles. The lowest BCUT2D eigenvalue weighted by Crippen LogP contribution is -2.39. The molecule has 2 N–H and O–H groups in total. The Kier molecular flexibility index (Phi) is 12.2. The summed E-state index contributed by atoms with van der Waals surface area (Å²) in [4.78, 5) is 7.02. The van der Waals surface area contributed by atoms with Crippen LogP contribution in [0.25, 0.3) is 0 Å². The second-order valence-electron chi connectivity index (χ2n) is 6.96. The maximum atomic E-state index is 5.64. The van der Waals surface area contributed by atoms with Crippen molar-refractivity contribution in [3.8, 4) is 0 Å². The van der Waals surface area contributed by atoms with Crippen molar-refractivity contribution in [3.63, 3.8) is 0 Å². The zero-order valence-electron chi connectivity index (χ0n) is 16.9. The molecule has 1 aliphatic rings. The zero-order chi connectivity index (χ0) is 18.6. The molecule has 0 aliphatic carbocycles. The molecule has 152 valence electrons. The molecular weight excluding hydrogens is 451 g/mol. The lowest BCUT2D eigenvalue weighted by atomic mass is 10.1. The van der Waals surface area contributed by atoms with Gasteiger partial charge in [0, 0.05) is 38.5 Å². The maximum absolute atomic E-state index is 5.64. The summed E-state index contributed by atoms with van der Waals surface area (Å²) in [5.41, 5.74) is 2.48. The van der Waals surface area contributed by atoms with Crippen molar-refractivity contribution in [2.75, 3.05) is 44.3 Å². The number of aliphatic imine (C=N–C) groups is 1. The van der Waals surface area contributed by atoms with Gasteiger partial charge >= 0.3 is 0 Å². The fraction of sp³-hybridized carbons (Fsp3) is 0.571. The molecule has 0 radical (unpaired) electrons. The van der Waals surface area contributed by atoms with Gasteiger partial charge in [0.05, 0.1) is 13.2 Å². The van der Waals surface area contributed by atoms with Gasteiger partial charge in [-0.2, -0.15) is 0 Å². The lowest BCUT2D eigenvalue weighted by molar-refractivity contribution is 0.128. The molecule has 0 amide bonds. The second kappa shape index (κ2) is 13.8. The fourth-order valence-corrected chi connectivity index (χ4v) is 2.68. The summed E-state index contributed by atoms with van der Waals surface area (Å²) in [6, 6.07) is 8.69. The smallest absolute Gasteiger partial charge is 0.191 e. The predicted octanol–water partition coefficient (Wildman–Crippen LogP) is 3.80. The number of ether oxygens (including phenoxy) is 1. The third-order valence-electron chi connectivity index (χ3n) is 4.26. The molecule has 6 heteroatoms. The Morgan fingerprint density at radius 2 is 1.81 bits per heavy atom. The molecule has 0 saturated heterocycles. The molecule has 1 aliphatic heterocycles. The summed E-state index contributed by atoms with van der Waals surface area (Å²) in [6.07, 6.45) is 5.52. The van der Waals surface area contributed by atoms with Gasteiger partial charge in [0.15, 0.2) is 5.96 Å². The molecule has 0 saturated carbocycles. The topological polar surface area (TPSA) is 48.9 Å². The van der Waals surface area contributed by atoms with Crippen molar-refractivity contribution in [2.45, 2.75) is 33.7 Å². The molecule has 1 heterocycles. The van der Waals surface area contributed by atoms with E-state index in [4.69, 9.17) is 4.74 Å². The number of benzene rings is 1. The van der Waals surface area contributed by atoms with E-state index in [2.05, 4.69) is 77.7 Å². The first-order valence-corrected chi connectivity index (χ1v) is 9.78. The van der Waals surface area contributed by atoms with Crippen LogP contribution < -0.4 is 15.5 Å². The Morgan fingerprint density at radius 3 is 2.44 bits per heavy atom. The standard InChI is InChI=1S/C21H34N4O.HI/c1-4-22-21(23-12-16-26-15-11-18(2)3)24-17-19-7-9-20(10-8-19)25-13-5-6-14-25;/h5-10,18H,4,11-17H2,1-3H3,(H2,22,23,24);1H. The van der Waals surface area contributed by atoms with Crippen LogP contribution >= 0.6 is 24.0 Å². The molecule has 5 nitrogen and oxygen atoms in total. The molecule has 0 fully saturated rings. The van der Waals surface area contributed by atoms with E-state index < -0.39 is 0 Å². The van der Waals surface area contributed by atoms with Crippen molar-refractivity contribution < 1.29 is 4.74 Å². The van der Waals surface area contributed by atoms with Crippen molar-refractivity contribution in [3.05, 3.63) is 42.0 Å². The van der Waals surface area contributed by atoms with Crippen LogP contribution in [0.3, 0.4) is 0 Å². The van der Waals surface area contributed by atoms with Gasteiger partial charge in [-0.05, 0) is 37.0 Å².